The van der Waals surface area contributed by atoms with E-state index in [-0.39, 0.29) is 21.5 Å². The largest absolute Gasteiger partial charge is 0.478 e. The maximum Gasteiger partial charge on any atom is 0.339 e. The van der Waals surface area contributed by atoms with E-state index in [9.17, 15) is 13.8 Å². The van der Waals surface area contributed by atoms with Crippen molar-refractivity contribution in [3.8, 4) is 0 Å². The highest BCUT2D eigenvalue weighted by Crippen LogP contribution is 2.24. The van der Waals surface area contributed by atoms with Crippen molar-refractivity contribution in [3.63, 3.8) is 0 Å². The molecular weight excluding hydrogens is 316 g/mol. The minimum atomic E-state index is -1.22. The first-order valence-electron chi connectivity index (χ1n) is 6.21. The number of hydrogen-bond donors (Lipinski definition) is 3. The molecule has 3 N–H and O–H groups in total. The minimum absolute atomic E-state index is 0.0222. The number of aromatic carboxylic acids is 1. The predicted octanol–water partition coefficient (Wildman–Crippen LogP) is 2.32. The van der Waals surface area contributed by atoms with Crippen molar-refractivity contribution in [3.05, 3.63) is 28.8 Å². The summed E-state index contributed by atoms with van der Waals surface area (Å²) in [6.07, 6.45) is 2.17. The van der Waals surface area contributed by atoms with Crippen LogP contribution in [0.4, 0.5) is 10.5 Å². The van der Waals surface area contributed by atoms with Crippen LogP contribution in [0, 0.1) is 0 Å². The second-order valence-electron chi connectivity index (χ2n) is 4.45. The molecule has 0 aliphatic carbocycles. The lowest BCUT2D eigenvalue weighted by Gasteiger charge is -2.12. The standard InChI is InChI=1S/C13H17ClN2O4S/c1-8(21(2)20)6-7-15-13(19)16-10-5-3-4-9(14)11(10)12(17)18/h3-5,8H,6-7H2,1-2H3,(H,17,18)(H2,15,16,19). The molecule has 0 spiro atoms. The second-order valence-corrected chi connectivity index (χ2v) is 6.66. The van der Waals surface area contributed by atoms with E-state index in [0.29, 0.717) is 13.0 Å². The van der Waals surface area contributed by atoms with E-state index in [1.807, 2.05) is 6.92 Å². The second kappa shape index (κ2) is 7.99. The van der Waals surface area contributed by atoms with Gasteiger partial charge >= 0.3 is 12.0 Å². The average molecular weight is 333 g/mol. The number of anilines is 1. The van der Waals surface area contributed by atoms with Crippen molar-refractivity contribution in [2.75, 3.05) is 18.1 Å². The third-order valence-electron chi connectivity index (χ3n) is 2.88. The number of rotatable bonds is 6. The number of halogens is 1. The summed E-state index contributed by atoms with van der Waals surface area (Å²) in [7, 11) is -0.943. The van der Waals surface area contributed by atoms with E-state index < -0.39 is 22.8 Å². The van der Waals surface area contributed by atoms with Crippen molar-refractivity contribution >= 4 is 40.1 Å². The van der Waals surface area contributed by atoms with Crippen LogP contribution < -0.4 is 10.6 Å². The summed E-state index contributed by atoms with van der Waals surface area (Å²) in [5.41, 5.74) is -0.0306. The molecule has 2 unspecified atom stereocenters. The molecule has 21 heavy (non-hydrogen) atoms. The zero-order chi connectivity index (χ0) is 16.0. The molecule has 0 fully saturated rings. The fourth-order valence-corrected chi connectivity index (χ4v) is 2.27. The lowest BCUT2D eigenvalue weighted by molar-refractivity contribution is 0.0698. The van der Waals surface area contributed by atoms with Gasteiger partial charge in [-0.2, -0.15) is 0 Å². The van der Waals surface area contributed by atoms with E-state index in [1.54, 1.807) is 12.3 Å². The molecule has 0 saturated carbocycles. The number of carboxylic acids is 1. The van der Waals surface area contributed by atoms with Gasteiger partial charge in [-0.1, -0.05) is 24.6 Å². The normalized spacial score (nSPS) is 13.3. The van der Waals surface area contributed by atoms with Crippen molar-refractivity contribution in [2.45, 2.75) is 18.6 Å². The number of hydrogen-bond acceptors (Lipinski definition) is 3. The van der Waals surface area contributed by atoms with Gasteiger partial charge in [-0.25, -0.2) is 9.59 Å². The van der Waals surface area contributed by atoms with Crippen LogP contribution in [-0.4, -0.2) is 39.4 Å². The lowest BCUT2D eigenvalue weighted by Crippen LogP contribution is -2.32. The van der Waals surface area contributed by atoms with Crippen LogP contribution in [0.3, 0.4) is 0 Å². The fraction of sp³-hybridized carbons (Fsp3) is 0.385. The van der Waals surface area contributed by atoms with Gasteiger partial charge in [-0.3, -0.25) is 4.21 Å². The Morgan fingerprint density at radius 1 is 1.43 bits per heavy atom. The summed E-state index contributed by atoms with van der Waals surface area (Å²) in [6, 6.07) is 3.91. The zero-order valence-corrected chi connectivity index (χ0v) is 13.3. The molecule has 0 aromatic heterocycles. The number of carboxylic acid groups (broad SMARTS) is 1. The lowest BCUT2D eigenvalue weighted by atomic mass is 10.2. The van der Waals surface area contributed by atoms with E-state index in [2.05, 4.69) is 10.6 Å². The Morgan fingerprint density at radius 2 is 2.10 bits per heavy atom. The SMILES string of the molecule is CC(CCNC(=O)Nc1cccc(Cl)c1C(=O)O)S(C)=O. The quantitative estimate of drug-likeness (QED) is 0.745. The molecule has 116 valence electrons. The molecule has 6 nitrogen and oxygen atoms in total. The molecule has 2 amide bonds. The predicted molar refractivity (Wildman–Crippen MR) is 83.6 cm³/mol. The van der Waals surface area contributed by atoms with Crippen LogP contribution in [0.25, 0.3) is 0 Å². The van der Waals surface area contributed by atoms with Gasteiger partial charge in [-0.15, -0.1) is 0 Å². The van der Waals surface area contributed by atoms with Crippen LogP contribution in [0.2, 0.25) is 5.02 Å². The number of carbonyl (C=O) groups is 2. The van der Waals surface area contributed by atoms with Gasteiger partial charge in [0.25, 0.3) is 0 Å². The van der Waals surface area contributed by atoms with Crippen molar-refractivity contribution in [1.82, 2.24) is 5.32 Å². The number of benzene rings is 1. The summed E-state index contributed by atoms with van der Waals surface area (Å²) in [4.78, 5) is 22.8. The summed E-state index contributed by atoms with van der Waals surface area (Å²) in [6.45, 7) is 2.17. The Morgan fingerprint density at radius 3 is 2.67 bits per heavy atom. The average Bonchev–Trinajstić information content (AvgIpc) is 2.37. The molecular formula is C13H17ClN2O4S. The molecule has 1 rings (SSSR count). The molecule has 0 radical (unpaired) electrons. The Balaban J connectivity index is 2.62. The molecule has 0 aliphatic heterocycles. The first-order chi connectivity index (χ1) is 9.82. The molecule has 0 heterocycles. The van der Waals surface area contributed by atoms with Crippen LogP contribution in [0.15, 0.2) is 18.2 Å². The van der Waals surface area contributed by atoms with E-state index >= 15 is 0 Å². The molecule has 2 atom stereocenters. The van der Waals surface area contributed by atoms with Gasteiger partial charge < -0.3 is 15.7 Å². The van der Waals surface area contributed by atoms with E-state index in [0.717, 1.165) is 0 Å². The van der Waals surface area contributed by atoms with Crippen molar-refractivity contribution in [1.29, 1.82) is 0 Å². The molecule has 0 saturated heterocycles. The van der Waals surface area contributed by atoms with Gasteiger partial charge in [0.15, 0.2) is 0 Å². The fourth-order valence-electron chi connectivity index (χ4n) is 1.57. The van der Waals surface area contributed by atoms with Gasteiger partial charge in [0.2, 0.25) is 0 Å². The van der Waals surface area contributed by atoms with Crippen LogP contribution in [0.5, 0.6) is 0 Å². The smallest absolute Gasteiger partial charge is 0.339 e. The Kier molecular flexibility index (Phi) is 6.64. The van der Waals surface area contributed by atoms with Crippen LogP contribution in [-0.2, 0) is 10.8 Å². The first kappa shape index (κ1) is 17.5. The molecule has 0 aliphatic rings. The van der Waals surface area contributed by atoms with Gasteiger partial charge in [0, 0.05) is 28.9 Å². The van der Waals surface area contributed by atoms with E-state index in [1.165, 1.54) is 12.1 Å². The molecule has 0 bridgehead atoms. The summed E-state index contributed by atoms with van der Waals surface area (Å²) < 4.78 is 11.2. The maximum absolute atomic E-state index is 11.7. The summed E-state index contributed by atoms with van der Waals surface area (Å²) in [5.74, 6) is -1.22. The number of nitrogens with one attached hydrogen (secondary N) is 2. The zero-order valence-electron chi connectivity index (χ0n) is 11.7. The van der Waals surface area contributed by atoms with Gasteiger partial charge in [0.05, 0.1) is 10.7 Å². The minimum Gasteiger partial charge on any atom is -0.478 e. The van der Waals surface area contributed by atoms with E-state index in [4.69, 9.17) is 16.7 Å². The Hall–Kier alpha value is -1.60. The third-order valence-corrected chi connectivity index (χ3v) is 4.56. The molecule has 1 aromatic carbocycles. The maximum atomic E-state index is 11.7. The van der Waals surface area contributed by atoms with Gasteiger partial charge in [-0.05, 0) is 18.6 Å². The van der Waals surface area contributed by atoms with Gasteiger partial charge in [0.1, 0.15) is 5.56 Å². The summed E-state index contributed by atoms with van der Waals surface area (Å²) in [5, 5.41) is 14.1. The highest BCUT2D eigenvalue weighted by atomic mass is 35.5. The number of amides is 2. The van der Waals surface area contributed by atoms with Crippen LogP contribution in [0.1, 0.15) is 23.7 Å². The van der Waals surface area contributed by atoms with Crippen LogP contribution >= 0.6 is 11.6 Å². The molecule has 8 heteroatoms. The molecule has 1 aromatic rings. The Labute approximate surface area is 130 Å². The number of urea groups is 1. The monoisotopic (exact) mass is 332 g/mol. The third kappa shape index (κ3) is 5.35. The number of carbonyl (C=O) groups excluding carboxylic acids is 1. The Bertz CT molecular complexity index is 565. The highest BCUT2D eigenvalue weighted by Gasteiger charge is 2.16. The summed E-state index contributed by atoms with van der Waals surface area (Å²) >= 11 is 5.80. The highest BCUT2D eigenvalue weighted by molar-refractivity contribution is 7.84. The topological polar surface area (TPSA) is 95.5 Å². The first-order valence-corrected chi connectivity index (χ1v) is 8.21. The van der Waals surface area contributed by atoms with Crippen molar-refractivity contribution < 1.29 is 18.9 Å². The van der Waals surface area contributed by atoms with Crippen molar-refractivity contribution in [2.24, 2.45) is 0 Å².